The predicted octanol–water partition coefficient (Wildman–Crippen LogP) is 14.3. The minimum Gasteiger partial charge on any atom is -0.367 e. The number of aryl methyl sites for hydroxylation is 1. The summed E-state index contributed by atoms with van der Waals surface area (Å²) in [6.07, 6.45) is 21.6. The molecule has 0 amide bonds. The van der Waals surface area contributed by atoms with E-state index in [1.807, 2.05) is 0 Å². The predicted molar refractivity (Wildman–Crippen MR) is 249 cm³/mol. The van der Waals surface area contributed by atoms with Crippen LogP contribution in [0.5, 0.6) is 0 Å². The van der Waals surface area contributed by atoms with Crippen LogP contribution in [0.2, 0.25) is 0 Å². The monoisotopic (exact) mass is 773 g/mol. The van der Waals surface area contributed by atoms with Gasteiger partial charge >= 0.3 is 0 Å². The largest absolute Gasteiger partial charge is 0.367 e. The van der Waals surface area contributed by atoms with Gasteiger partial charge in [-0.2, -0.15) is 4.58 Å². The molecule has 2 aliphatic carbocycles. The molecule has 1 fully saturated rings. The van der Waals surface area contributed by atoms with Crippen molar-refractivity contribution in [2.75, 3.05) is 18.0 Å². The van der Waals surface area contributed by atoms with Gasteiger partial charge < -0.3 is 9.80 Å². The summed E-state index contributed by atoms with van der Waals surface area (Å²) in [6, 6.07) is 29.4. The quantitative estimate of drug-likeness (QED) is 0.190. The highest BCUT2D eigenvalue weighted by Crippen LogP contribution is 2.52. The molecule has 2 atom stereocenters. The lowest BCUT2D eigenvalue weighted by atomic mass is 9.74. The van der Waals surface area contributed by atoms with E-state index in [2.05, 4.69) is 219 Å². The number of nitrogens with zero attached hydrogens (tertiary/aromatic N) is 3. The minimum absolute atomic E-state index is 0.00393. The van der Waals surface area contributed by atoms with Gasteiger partial charge in [0.1, 0.15) is 6.54 Å². The molecule has 3 aromatic carbocycles. The number of para-hydroxylation sites is 2. The third-order valence-electron chi connectivity index (χ3n) is 13.2. The lowest BCUT2D eigenvalue weighted by molar-refractivity contribution is -0.440. The fraction of sp³-hybridized carbons (Fsp3) is 0.436. The summed E-state index contributed by atoms with van der Waals surface area (Å²) < 4.78 is 2.62. The van der Waals surface area contributed by atoms with Crippen LogP contribution in [0.3, 0.4) is 0 Å². The second-order valence-corrected chi connectivity index (χ2v) is 21.0. The molecule has 3 heteroatoms. The Morgan fingerprint density at radius 1 is 0.776 bits per heavy atom. The zero-order valence-electron chi connectivity index (χ0n) is 37.8. The summed E-state index contributed by atoms with van der Waals surface area (Å²) in [5, 5.41) is 0. The Bertz CT molecular complexity index is 2180. The molecule has 2 heterocycles. The molecule has 58 heavy (non-hydrogen) atoms. The first kappa shape index (κ1) is 41.5. The molecule has 0 radical (unpaired) electrons. The van der Waals surface area contributed by atoms with E-state index >= 15 is 0 Å². The van der Waals surface area contributed by atoms with E-state index in [4.69, 9.17) is 0 Å². The van der Waals surface area contributed by atoms with Gasteiger partial charge in [0.2, 0.25) is 5.69 Å². The molecular weight excluding hydrogens is 703 g/mol. The zero-order valence-corrected chi connectivity index (χ0v) is 37.8. The molecule has 3 nitrogen and oxygen atoms in total. The summed E-state index contributed by atoms with van der Waals surface area (Å²) in [5.41, 5.74) is 15.2. The molecule has 0 aromatic heterocycles. The van der Waals surface area contributed by atoms with E-state index < -0.39 is 0 Å². The van der Waals surface area contributed by atoms with Gasteiger partial charge in [0, 0.05) is 59.1 Å². The zero-order chi connectivity index (χ0) is 41.6. The summed E-state index contributed by atoms with van der Waals surface area (Å²) in [5.74, 6) is 0.449. The number of hydrogen-bond acceptors (Lipinski definition) is 2. The molecule has 0 N–H and O–H groups in total. The second-order valence-electron chi connectivity index (χ2n) is 21.0. The standard InChI is InChI=1S/C55H70N3/c1-39-23-29-47-45(37-39)54(9,10)49(56(47)35-33-52(3,4)5)31-27-41-25-26-42(51(41)58(43-19-15-13-16-20-43)44-21-17-14-18-22-44)28-32-50-55(11,12)46-38-40(2)24-30-48(46)57(50)36-34-53(6,7)8/h13-24,27-32,37-38,45,47H,25-26,33-36H2,1-12H3/q+1. The Labute approximate surface area is 352 Å². The first-order chi connectivity index (χ1) is 27.3. The van der Waals surface area contributed by atoms with Crippen molar-refractivity contribution in [3.8, 4) is 0 Å². The van der Waals surface area contributed by atoms with E-state index in [9.17, 15) is 0 Å². The van der Waals surface area contributed by atoms with Crippen molar-refractivity contribution in [2.45, 2.75) is 120 Å². The number of likely N-dealkylation sites (tertiary alicyclic amines) is 1. The summed E-state index contributed by atoms with van der Waals surface area (Å²) in [7, 11) is 0. The first-order valence-electron chi connectivity index (χ1n) is 22.0. The van der Waals surface area contributed by atoms with Gasteiger partial charge in [0.15, 0.2) is 5.71 Å². The van der Waals surface area contributed by atoms with Gasteiger partial charge in [-0.25, -0.2) is 0 Å². The maximum Gasteiger partial charge on any atom is 0.209 e. The average Bonchev–Trinajstić information content (AvgIpc) is 3.72. The van der Waals surface area contributed by atoms with Crippen LogP contribution >= 0.6 is 0 Å². The third-order valence-corrected chi connectivity index (χ3v) is 13.2. The third kappa shape index (κ3) is 8.43. The van der Waals surface area contributed by atoms with Gasteiger partial charge in [-0.3, -0.25) is 0 Å². The van der Waals surface area contributed by atoms with Crippen molar-refractivity contribution in [1.82, 2.24) is 4.90 Å². The van der Waals surface area contributed by atoms with Crippen molar-refractivity contribution >= 4 is 22.8 Å². The number of hydrogen-bond donors (Lipinski definition) is 0. The Kier molecular flexibility index (Phi) is 11.3. The van der Waals surface area contributed by atoms with Crippen LogP contribution in [0.1, 0.15) is 113 Å². The van der Waals surface area contributed by atoms with Gasteiger partial charge in [-0.05, 0) is 105 Å². The van der Waals surface area contributed by atoms with Crippen LogP contribution < -0.4 is 4.90 Å². The summed E-state index contributed by atoms with van der Waals surface area (Å²) in [6.45, 7) is 30.5. The van der Waals surface area contributed by atoms with Crippen molar-refractivity contribution < 1.29 is 4.58 Å². The van der Waals surface area contributed by atoms with Crippen LogP contribution in [0.4, 0.5) is 17.1 Å². The fourth-order valence-electron chi connectivity index (χ4n) is 9.70. The number of anilines is 2. The van der Waals surface area contributed by atoms with Crippen LogP contribution in [0.15, 0.2) is 150 Å². The van der Waals surface area contributed by atoms with Gasteiger partial charge in [-0.15, -0.1) is 0 Å². The lowest BCUT2D eigenvalue weighted by Gasteiger charge is -2.32. The van der Waals surface area contributed by atoms with Crippen LogP contribution in [-0.2, 0) is 5.41 Å². The SMILES string of the molecule is CC1=CC2C(C=C1)N(CCC(C)(C)C)/C(=C/C=C1\CCC(/C=C/C3=[N+](CCC(C)(C)C)c4ccc(C)cc4C3(C)C)=C1N(c1ccccc1)c1ccccc1)C2(C)C. The van der Waals surface area contributed by atoms with Gasteiger partial charge in [0.25, 0.3) is 0 Å². The number of rotatable bonds is 10. The van der Waals surface area contributed by atoms with Crippen LogP contribution in [0.25, 0.3) is 0 Å². The molecule has 4 aliphatic rings. The molecule has 0 saturated carbocycles. The summed E-state index contributed by atoms with van der Waals surface area (Å²) >= 11 is 0. The average molecular weight is 773 g/mol. The van der Waals surface area contributed by atoms with Crippen LogP contribution in [0, 0.1) is 29.1 Å². The Balaban J connectivity index is 1.39. The number of allylic oxidation sites excluding steroid dienone is 9. The van der Waals surface area contributed by atoms with E-state index in [1.165, 1.54) is 62.0 Å². The molecule has 3 aromatic rings. The number of benzene rings is 3. The molecule has 2 aliphatic heterocycles. The molecule has 7 rings (SSSR count). The van der Waals surface area contributed by atoms with Crippen molar-refractivity contribution in [3.63, 3.8) is 0 Å². The van der Waals surface area contributed by atoms with Crippen LogP contribution in [-0.4, -0.2) is 34.3 Å². The Hall–Kier alpha value is -4.63. The molecule has 2 unspecified atom stereocenters. The van der Waals surface area contributed by atoms with E-state index in [0.29, 0.717) is 12.0 Å². The topological polar surface area (TPSA) is 9.49 Å². The summed E-state index contributed by atoms with van der Waals surface area (Å²) in [4.78, 5) is 5.25. The van der Waals surface area contributed by atoms with E-state index in [0.717, 1.165) is 38.8 Å². The highest BCUT2D eigenvalue weighted by molar-refractivity contribution is 6.03. The highest BCUT2D eigenvalue weighted by Gasteiger charge is 2.49. The molecular formula is C55H70N3+. The first-order valence-corrected chi connectivity index (χ1v) is 22.0. The number of fused-ring (bicyclic) bond motifs is 2. The van der Waals surface area contributed by atoms with Crippen molar-refractivity contribution in [2.24, 2.45) is 22.2 Å². The van der Waals surface area contributed by atoms with Crippen molar-refractivity contribution in [1.29, 1.82) is 0 Å². The van der Waals surface area contributed by atoms with Crippen molar-refractivity contribution in [3.05, 3.63) is 161 Å². The van der Waals surface area contributed by atoms with Gasteiger partial charge in [0.05, 0.1) is 17.2 Å². The maximum atomic E-state index is 2.74. The highest BCUT2D eigenvalue weighted by atomic mass is 15.2. The molecule has 0 spiro atoms. The Morgan fingerprint density at radius 2 is 1.41 bits per heavy atom. The minimum atomic E-state index is -0.112. The fourth-order valence-corrected chi connectivity index (χ4v) is 9.70. The lowest BCUT2D eigenvalue weighted by Crippen LogP contribution is -2.33. The van der Waals surface area contributed by atoms with E-state index in [1.54, 1.807) is 0 Å². The van der Waals surface area contributed by atoms with Gasteiger partial charge in [-0.1, -0.05) is 139 Å². The molecule has 1 saturated heterocycles. The second kappa shape index (κ2) is 15.9. The molecule has 304 valence electrons. The normalized spacial score (nSPS) is 22.8. The maximum absolute atomic E-state index is 2.74. The van der Waals surface area contributed by atoms with E-state index in [-0.39, 0.29) is 21.7 Å². The smallest absolute Gasteiger partial charge is 0.209 e. The Morgan fingerprint density at radius 3 is 2.03 bits per heavy atom. The molecule has 0 bridgehead atoms.